The SMILES string of the molecule is COc1cc(/C=C/C(=O)Nc2ccc(Cl)cc2Cl)ccc1OCCC(C)C. The maximum absolute atomic E-state index is 12.1. The number of ether oxygens (including phenoxy) is 2. The number of nitrogens with one attached hydrogen (secondary N) is 1. The van der Waals surface area contributed by atoms with Crippen molar-refractivity contribution in [2.75, 3.05) is 19.0 Å². The van der Waals surface area contributed by atoms with Crippen LogP contribution < -0.4 is 14.8 Å². The number of methoxy groups -OCH3 is 1. The summed E-state index contributed by atoms with van der Waals surface area (Å²) in [4.78, 5) is 12.1. The third kappa shape index (κ3) is 6.81. The molecule has 4 nitrogen and oxygen atoms in total. The highest BCUT2D eigenvalue weighted by Crippen LogP contribution is 2.29. The Bertz CT molecular complexity index is 819. The average Bonchev–Trinajstić information content (AvgIpc) is 2.62. The first-order valence-electron chi connectivity index (χ1n) is 8.64. The zero-order valence-electron chi connectivity index (χ0n) is 15.6. The fourth-order valence-corrected chi connectivity index (χ4v) is 2.70. The maximum Gasteiger partial charge on any atom is 0.248 e. The summed E-state index contributed by atoms with van der Waals surface area (Å²) >= 11 is 11.9. The minimum Gasteiger partial charge on any atom is -0.493 e. The van der Waals surface area contributed by atoms with Crippen LogP contribution in [-0.2, 0) is 4.79 Å². The predicted molar refractivity (Wildman–Crippen MR) is 112 cm³/mol. The van der Waals surface area contributed by atoms with Crippen molar-refractivity contribution in [3.63, 3.8) is 0 Å². The van der Waals surface area contributed by atoms with Crippen molar-refractivity contribution < 1.29 is 14.3 Å². The lowest BCUT2D eigenvalue weighted by atomic mass is 10.1. The molecule has 0 aliphatic rings. The van der Waals surface area contributed by atoms with Crippen LogP contribution in [0.3, 0.4) is 0 Å². The molecule has 0 radical (unpaired) electrons. The first-order valence-corrected chi connectivity index (χ1v) is 9.39. The largest absolute Gasteiger partial charge is 0.493 e. The molecule has 0 aliphatic heterocycles. The lowest BCUT2D eigenvalue weighted by molar-refractivity contribution is -0.111. The zero-order valence-corrected chi connectivity index (χ0v) is 17.1. The standard InChI is InChI=1S/C21H23Cl2NO3/c1-14(2)10-11-27-19-8-4-15(12-20(19)26-3)5-9-21(25)24-18-7-6-16(22)13-17(18)23/h4-9,12-14H,10-11H2,1-3H3,(H,24,25)/b9-5+. The Hall–Kier alpha value is -2.17. The molecule has 0 aliphatic carbocycles. The van der Waals surface area contributed by atoms with Crippen LogP contribution in [0.15, 0.2) is 42.5 Å². The van der Waals surface area contributed by atoms with E-state index in [1.54, 1.807) is 31.4 Å². The second-order valence-corrected chi connectivity index (χ2v) is 7.23. The molecule has 27 heavy (non-hydrogen) atoms. The fourth-order valence-electron chi connectivity index (χ4n) is 2.25. The summed E-state index contributed by atoms with van der Waals surface area (Å²) < 4.78 is 11.2. The van der Waals surface area contributed by atoms with E-state index >= 15 is 0 Å². The molecule has 2 aromatic rings. The number of hydrogen-bond donors (Lipinski definition) is 1. The lowest BCUT2D eigenvalue weighted by Gasteiger charge is -2.12. The van der Waals surface area contributed by atoms with Gasteiger partial charge in [-0.05, 0) is 54.3 Å². The third-order valence-corrected chi connectivity index (χ3v) is 4.30. The van der Waals surface area contributed by atoms with Gasteiger partial charge in [-0.25, -0.2) is 0 Å². The van der Waals surface area contributed by atoms with Crippen LogP contribution in [0.25, 0.3) is 6.08 Å². The topological polar surface area (TPSA) is 47.6 Å². The van der Waals surface area contributed by atoms with Crippen molar-refractivity contribution in [3.8, 4) is 11.5 Å². The maximum atomic E-state index is 12.1. The van der Waals surface area contributed by atoms with Gasteiger partial charge in [0.25, 0.3) is 0 Å². The minimum absolute atomic E-state index is 0.296. The van der Waals surface area contributed by atoms with Gasteiger partial charge in [-0.3, -0.25) is 4.79 Å². The predicted octanol–water partition coefficient (Wildman–Crippen LogP) is 6.08. The highest BCUT2D eigenvalue weighted by atomic mass is 35.5. The van der Waals surface area contributed by atoms with Gasteiger partial charge in [-0.2, -0.15) is 0 Å². The summed E-state index contributed by atoms with van der Waals surface area (Å²) in [7, 11) is 1.59. The molecular weight excluding hydrogens is 385 g/mol. The zero-order chi connectivity index (χ0) is 19.8. The Morgan fingerprint density at radius 1 is 1.15 bits per heavy atom. The molecular formula is C21H23Cl2NO3. The second-order valence-electron chi connectivity index (χ2n) is 6.39. The summed E-state index contributed by atoms with van der Waals surface area (Å²) in [6.07, 6.45) is 4.09. The van der Waals surface area contributed by atoms with E-state index in [0.29, 0.717) is 39.8 Å². The molecule has 6 heteroatoms. The Morgan fingerprint density at radius 3 is 2.59 bits per heavy atom. The first kappa shape index (κ1) is 21.1. The number of halogens is 2. The van der Waals surface area contributed by atoms with E-state index in [9.17, 15) is 4.79 Å². The molecule has 0 aromatic heterocycles. The van der Waals surface area contributed by atoms with E-state index in [4.69, 9.17) is 32.7 Å². The molecule has 0 atom stereocenters. The Morgan fingerprint density at radius 2 is 1.93 bits per heavy atom. The van der Waals surface area contributed by atoms with E-state index in [-0.39, 0.29) is 5.91 Å². The van der Waals surface area contributed by atoms with Gasteiger partial charge in [0.15, 0.2) is 11.5 Å². The second kappa shape index (κ2) is 10.2. The van der Waals surface area contributed by atoms with Crippen LogP contribution in [0, 0.1) is 5.92 Å². The summed E-state index contributed by atoms with van der Waals surface area (Å²) in [5, 5.41) is 3.61. The summed E-state index contributed by atoms with van der Waals surface area (Å²) in [6, 6.07) is 10.4. The van der Waals surface area contributed by atoms with Gasteiger partial charge in [0.1, 0.15) is 0 Å². The molecule has 0 spiro atoms. The van der Waals surface area contributed by atoms with Crippen LogP contribution in [0.4, 0.5) is 5.69 Å². The molecule has 0 saturated carbocycles. The van der Waals surface area contributed by atoms with Crippen molar-refractivity contribution in [2.45, 2.75) is 20.3 Å². The Kier molecular flexibility index (Phi) is 8.01. The molecule has 1 amide bonds. The number of carbonyl (C=O) groups is 1. The van der Waals surface area contributed by atoms with Crippen molar-refractivity contribution >= 4 is 40.9 Å². The number of benzene rings is 2. The molecule has 2 aromatic carbocycles. The van der Waals surface area contributed by atoms with Gasteiger partial charge >= 0.3 is 0 Å². The summed E-state index contributed by atoms with van der Waals surface area (Å²) in [5.41, 5.74) is 1.32. The van der Waals surface area contributed by atoms with Gasteiger partial charge in [0.2, 0.25) is 5.91 Å². The van der Waals surface area contributed by atoms with E-state index in [0.717, 1.165) is 12.0 Å². The van der Waals surface area contributed by atoms with Crippen LogP contribution in [0.2, 0.25) is 10.0 Å². The quantitative estimate of drug-likeness (QED) is 0.539. The van der Waals surface area contributed by atoms with Gasteiger partial charge in [0, 0.05) is 11.1 Å². The third-order valence-electron chi connectivity index (χ3n) is 3.76. The molecule has 0 unspecified atom stereocenters. The number of hydrogen-bond acceptors (Lipinski definition) is 3. The van der Waals surface area contributed by atoms with Crippen molar-refractivity contribution in [1.29, 1.82) is 0 Å². The summed E-state index contributed by atoms with van der Waals surface area (Å²) in [5.74, 6) is 1.59. The average molecular weight is 408 g/mol. The van der Waals surface area contributed by atoms with E-state index in [1.807, 2.05) is 18.2 Å². The van der Waals surface area contributed by atoms with Crippen LogP contribution in [0.1, 0.15) is 25.8 Å². The van der Waals surface area contributed by atoms with Gasteiger partial charge in [-0.15, -0.1) is 0 Å². The smallest absolute Gasteiger partial charge is 0.248 e. The van der Waals surface area contributed by atoms with Gasteiger partial charge < -0.3 is 14.8 Å². The number of amides is 1. The first-order chi connectivity index (χ1) is 12.9. The van der Waals surface area contributed by atoms with Crippen molar-refractivity contribution in [1.82, 2.24) is 0 Å². The van der Waals surface area contributed by atoms with Crippen LogP contribution in [0.5, 0.6) is 11.5 Å². The highest BCUT2D eigenvalue weighted by molar-refractivity contribution is 6.36. The van der Waals surface area contributed by atoms with Crippen molar-refractivity contribution in [2.24, 2.45) is 5.92 Å². The number of anilines is 1. The van der Waals surface area contributed by atoms with Crippen LogP contribution in [-0.4, -0.2) is 19.6 Å². The van der Waals surface area contributed by atoms with E-state index in [2.05, 4.69) is 19.2 Å². The lowest BCUT2D eigenvalue weighted by Crippen LogP contribution is -2.08. The summed E-state index contributed by atoms with van der Waals surface area (Å²) in [6.45, 7) is 4.93. The molecule has 144 valence electrons. The molecule has 0 heterocycles. The van der Waals surface area contributed by atoms with Crippen LogP contribution >= 0.6 is 23.2 Å². The normalized spacial score (nSPS) is 11.0. The highest BCUT2D eigenvalue weighted by Gasteiger charge is 2.07. The van der Waals surface area contributed by atoms with E-state index < -0.39 is 0 Å². The molecule has 0 bridgehead atoms. The van der Waals surface area contributed by atoms with E-state index in [1.165, 1.54) is 6.08 Å². The van der Waals surface area contributed by atoms with Gasteiger partial charge in [-0.1, -0.05) is 43.1 Å². The van der Waals surface area contributed by atoms with Gasteiger partial charge in [0.05, 0.1) is 24.4 Å². The minimum atomic E-state index is -0.296. The molecule has 0 fully saturated rings. The Labute approximate surface area is 170 Å². The van der Waals surface area contributed by atoms with Crippen molar-refractivity contribution in [3.05, 3.63) is 58.1 Å². The molecule has 0 saturated heterocycles. The number of rotatable bonds is 8. The Balaban J connectivity index is 2.01. The monoisotopic (exact) mass is 407 g/mol. The number of carbonyl (C=O) groups excluding carboxylic acids is 1. The molecule has 1 N–H and O–H groups in total. The molecule has 2 rings (SSSR count). The fraction of sp³-hybridized carbons (Fsp3) is 0.286.